The smallest absolute Gasteiger partial charge is 0.253 e. The van der Waals surface area contributed by atoms with Crippen molar-refractivity contribution in [3.63, 3.8) is 0 Å². The zero-order valence-corrected chi connectivity index (χ0v) is 24.9. The van der Waals surface area contributed by atoms with E-state index in [4.69, 9.17) is 0 Å². The monoisotopic (exact) mass is 505 g/mol. The summed E-state index contributed by atoms with van der Waals surface area (Å²) in [6.45, 7) is 14.1. The minimum Gasteiger partial charge on any atom is -0.370 e. The predicted octanol–water partition coefficient (Wildman–Crippen LogP) is 7.00. The number of rotatable bonds is 24. The Morgan fingerprint density at radius 3 is 1.36 bits per heavy atom. The summed E-state index contributed by atoms with van der Waals surface area (Å²) in [5.74, 6) is 0.656. The van der Waals surface area contributed by atoms with E-state index >= 15 is 0 Å². The van der Waals surface area contributed by atoms with Gasteiger partial charge in [-0.15, -0.1) is 0 Å². The summed E-state index contributed by atoms with van der Waals surface area (Å²) in [6.07, 6.45) is 19.2. The highest BCUT2D eigenvalue weighted by Crippen LogP contribution is 2.23. The molecule has 0 bridgehead atoms. The minimum atomic E-state index is -0.309. The van der Waals surface area contributed by atoms with Gasteiger partial charge in [0.1, 0.15) is 11.4 Å². The molecule has 0 spiro atoms. The average molecular weight is 506 g/mol. The topological polar surface area (TPSA) is 43.9 Å². The second kappa shape index (κ2) is 19.7. The molecule has 210 valence electrons. The van der Waals surface area contributed by atoms with E-state index in [1.54, 1.807) is 0 Å². The Bertz CT molecular complexity index is 723. The number of anilines is 2. The maximum Gasteiger partial charge on any atom is 0.253 e. The molecule has 1 aromatic rings. The summed E-state index contributed by atoms with van der Waals surface area (Å²) < 4.78 is 0. The lowest BCUT2D eigenvalue weighted by Gasteiger charge is -2.29. The van der Waals surface area contributed by atoms with Gasteiger partial charge in [-0.2, -0.15) is 0 Å². The fourth-order valence-corrected chi connectivity index (χ4v) is 5.13. The zero-order valence-electron chi connectivity index (χ0n) is 24.9. The van der Waals surface area contributed by atoms with E-state index in [1.807, 2.05) is 23.9 Å². The van der Waals surface area contributed by atoms with Gasteiger partial charge in [-0.3, -0.25) is 9.59 Å². The van der Waals surface area contributed by atoms with Crippen LogP contribution < -0.4 is 20.7 Å². The predicted molar refractivity (Wildman–Crippen MR) is 160 cm³/mol. The number of hydrogen-bond acceptors (Lipinski definition) is 5. The average Bonchev–Trinajstić information content (AvgIpc) is 2.84. The molecule has 0 unspecified atom stereocenters. The van der Waals surface area contributed by atoms with Gasteiger partial charge >= 0.3 is 0 Å². The van der Waals surface area contributed by atoms with Crippen LogP contribution in [0.3, 0.4) is 0 Å². The van der Waals surface area contributed by atoms with Crippen LogP contribution in [-0.2, 0) is 0 Å². The molecule has 1 rings (SSSR count). The third-order valence-electron chi connectivity index (χ3n) is 7.52. The van der Waals surface area contributed by atoms with Crippen molar-refractivity contribution in [1.82, 2.24) is 4.90 Å². The first-order valence-corrected chi connectivity index (χ1v) is 15.3. The molecular formula is C31H59N3O2. The summed E-state index contributed by atoms with van der Waals surface area (Å²) in [4.78, 5) is 31.4. The lowest BCUT2D eigenvalue weighted by atomic mass is 10.1. The van der Waals surface area contributed by atoms with Crippen LogP contribution in [0.1, 0.15) is 124 Å². The van der Waals surface area contributed by atoms with Crippen molar-refractivity contribution >= 4 is 11.4 Å². The first-order valence-electron chi connectivity index (χ1n) is 15.3. The van der Waals surface area contributed by atoms with Gasteiger partial charge in [0, 0.05) is 27.2 Å². The van der Waals surface area contributed by atoms with Crippen LogP contribution in [0.5, 0.6) is 0 Å². The molecule has 0 saturated heterocycles. The molecule has 0 aromatic heterocycles. The molecular weight excluding hydrogens is 446 g/mol. The van der Waals surface area contributed by atoms with Crippen molar-refractivity contribution in [2.75, 3.05) is 56.6 Å². The summed E-state index contributed by atoms with van der Waals surface area (Å²) in [6, 6.07) is 0. The van der Waals surface area contributed by atoms with Crippen molar-refractivity contribution in [1.29, 1.82) is 0 Å². The fourth-order valence-electron chi connectivity index (χ4n) is 5.13. The van der Waals surface area contributed by atoms with E-state index in [2.05, 4.69) is 32.6 Å². The number of nitrogens with zero attached hydrogens (tertiary/aromatic N) is 3. The first-order chi connectivity index (χ1) is 17.3. The highest BCUT2D eigenvalue weighted by Gasteiger charge is 2.26. The number of unbranched alkanes of at least 4 members (excludes halogenated alkanes) is 10. The lowest BCUT2D eigenvalue weighted by Crippen LogP contribution is -2.45. The normalized spacial score (nSPS) is 11.8. The van der Waals surface area contributed by atoms with Gasteiger partial charge in [0.2, 0.25) is 0 Å². The standard InChI is InChI=1S/C31H59N3O2/c1-7-9-11-13-15-17-24-34(25-18-16-14-12-10-8-2)26-20-23-33(6)29-28(30(35)31(29)36)32(5)22-19-21-27(3)4/h27H,7-26H2,1-6H3. The fraction of sp³-hybridized carbons (Fsp3) is 0.871. The van der Waals surface area contributed by atoms with Crippen molar-refractivity contribution in [2.45, 2.75) is 124 Å². The molecule has 0 heterocycles. The Kier molecular flexibility index (Phi) is 17.9. The van der Waals surface area contributed by atoms with E-state index in [-0.39, 0.29) is 10.9 Å². The Hall–Kier alpha value is -1.36. The molecule has 1 aromatic carbocycles. The first kappa shape index (κ1) is 32.7. The maximum atomic E-state index is 12.4. The Labute approximate surface area is 223 Å². The molecule has 0 atom stereocenters. The van der Waals surface area contributed by atoms with Gasteiger partial charge in [0.05, 0.1) is 0 Å². The molecule has 0 amide bonds. The van der Waals surface area contributed by atoms with Gasteiger partial charge in [0.15, 0.2) is 0 Å². The van der Waals surface area contributed by atoms with E-state index in [0.717, 1.165) is 38.9 Å². The van der Waals surface area contributed by atoms with E-state index in [9.17, 15) is 9.59 Å². The van der Waals surface area contributed by atoms with Gasteiger partial charge in [0.25, 0.3) is 10.9 Å². The Balaban J connectivity index is 2.53. The van der Waals surface area contributed by atoms with Crippen LogP contribution >= 0.6 is 0 Å². The Morgan fingerprint density at radius 2 is 0.917 bits per heavy atom. The maximum absolute atomic E-state index is 12.4. The lowest BCUT2D eigenvalue weighted by molar-refractivity contribution is 0.258. The SMILES string of the molecule is CCCCCCCCN(CCCCCCCC)CCCN(C)c1c(N(C)CCCC(C)C)c(=O)c1=O. The van der Waals surface area contributed by atoms with Gasteiger partial charge in [-0.25, -0.2) is 0 Å². The number of hydrogen-bond donors (Lipinski definition) is 0. The summed E-state index contributed by atoms with van der Waals surface area (Å²) in [7, 11) is 3.93. The van der Waals surface area contributed by atoms with E-state index < -0.39 is 0 Å². The van der Waals surface area contributed by atoms with Crippen LogP contribution in [0.4, 0.5) is 11.4 Å². The van der Waals surface area contributed by atoms with Crippen LogP contribution in [0.15, 0.2) is 9.59 Å². The molecule has 0 fully saturated rings. The van der Waals surface area contributed by atoms with Gasteiger partial charge in [-0.1, -0.05) is 91.9 Å². The summed E-state index contributed by atoms with van der Waals surface area (Å²) in [5.41, 5.74) is 0.642. The Morgan fingerprint density at radius 1 is 0.528 bits per heavy atom. The molecule has 0 radical (unpaired) electrons. The molecule has 36 heavy (non-hydrogen) atoms. The summed E-state index contributed by atoms with van der Waals surface area (Å²) in [5, 5.41) is 0. The van der Waals surface area contributed by atoms with E-state index in [1.165, 1.54) is 90.1 Å². The van der Waals surface area contributed by atoms with Gasteiger partial charge < -0.3 is 14.7 Å². The molecule has 0 aliphatic heterocycles. The highest BCUT2D eigenvalue weighted by molar-refractivity contribution is 5.75. The summed E-state index contributed by atoms with van der Waals surface area (Å²) >= 11 is 0. The van der Waals surface area contributed by atoms with Crippen LogP contribution in [0.2, 0.25) is 0 Å². The van der Waals surface area contributed by atoms with Crippen molar-refractivity contribution in [3.05, 3.63) is 20.4 Å². The van der Waals surface area contributed by atoms with E-state index in [0.29, 0.717) is 17.3 Å². The quantitative estimate of drug-likeness (QED) is 0.112. The zero-order chi connectivity index (χ0) is 26.8. The second-order valence-electron chi connectivity index (χ2n) is 11.5. The molecule has 0 aliphatic carbocycles. The molecule has 0 N–H and O–H groups in total. The van der Waals surface area contributed by atoms with Crippen molar-refractivity contribution < 1.29 is 0 Å². The van der Waals surface area contributed by atoms with Crippen molar-refractivity contribution in [2.24, 2.45) is 5.92 Å². The molecule has 0 aliphatic rings. The van der Waals surface area contributed by atoms with Crippen LogP contribution in [0.25, 0.3) is 0 Å². The third kappa shape index (κ3) is 12.7. The van der Waals surface area contributed by atoms with Crippen LogP contribution in [0, 0.1) is 5.92 Å². The minimum absolute atomic E-state index is 0.306. The molecule has 5 heteroatoms. The highest BCUT2D eigenvalue weighted by atomic mass is 16.2. The molecule has 0 saturated carbocycles. The largest absolute Gasteiger partial charge is 0.370 e. The molecule has 5 nitrogen and oxygen atoms in total. The third-order valence-corrected chi connectivity index (χ3v) is 7.52. The van der Waals surface area contributed by atoms with Crippen LogP contribution in [-0.4, -0.2) is 51.7 Å². The van der Waals surface area contributed by atoms with Crippen molar-refractivity contribution in [3.8, 4) is 0 Å². The van der Waals surface area contributed by atoms with Gasteiger partial charge in [-0.05, 0) is 57.7 Å². The second-order valence-corrected chi connectivity index (χ2v) is 11.5.